The number of hydrogen-bond acceptors (Lipinski definition) is 3. The molecule has 126 valence electrons. The average molecular weight is 324 g/mol. The summed E-state index contributed by atoms with van der Waals surface area (Å²) in [6.45, 7) is 4.74. The molecule has 1 saturated heterocycles. The molecule has 0 aromatic carbocycles. The monoisotopic (exact) mass is 324 g/mol. The summed E-state index contributed by atoms with van der Waals surface area (Å²) in [6.07, 6.45) is 8.37. The van der Waals surface area contributed by atoms with Gasteiger partial charge in [-0.05, 0) is 63.5 Å². The molecule has 5 nitrogen and oxygen atoms in total. The number of likely N-dealkylation sites (tertiary alicyclic amines) is 1. The molecule has 0 radical (unpaired) electrons. The van der Waals surface area contributed by atoms with Crippen LogP contribution in [-0.4, -0.2) is 32.3 Å². The Morgan fingerprint density at radius 3 is 2.88 bits per heavy atom. The number of imidazole rings is 1. The van der Waals surface area contributed by atoms with Crippen LogP contribution in [0.3, 0.4) is 0 Å². The van der Waals surface area contributed by atoms with Gasteiger partial charge in [-0.25, -0.2) is 4.98 Å². The lowest BCUT2D eigenvalue weighted by atomic mass is 10.0. The van der Waals surface area contributed by atoms with Gasteiger partial charge in [-0.3, -0.25) is 9.78 Å². The Morgan fingerprint density at radius 1 is 1.25 bits per heavy atom. The number of H-pyrrole nitrogens is 1. The molecule has 0 saturated carbocycles. The van der Waals surface area contributed by atoms with Crippen molar-refractivity contribution in [2.45, 2.75) is 58.4 Å². The molecule has 3 heterocycles. The van der Waals surface area contributed by atoms with Crippen LogP contribution >= 0.6 is 0 Å². The van der Waals surface area contributed by atoms with Gasteiger partial charge >= 0.3 is 0 Å². The number of fused-ring (bicyclic) bond motifs is 1. The maximum atomic E-state index is 13.0. The van der Waals surface area contributed by atoms with Crippen LogP contribution in [0.1, 0.15) is 70.6 Å². The summed E-state index contributed by atoms with van der Waals surface area (Å²) in [5, 5.41) is 0. The first kappa shape index (κ1) is 15.4. The first-order valence-corrected chi connectivity index (χ1v) is 8.95. The first-order valence-electron chi connectivity index (χ1n) is 8.95. The standard InChI is InChI=1S/C19H24N4O/c1-12-10-13(2)17(20-11-12)19(24)23-9-5-8-16(23)18-21-14-6-3-4-7-15(14)22-18/h10-11,16H,3-9H2,1-2H3,(H,21,22). The maximum absolute atomic E-state index is 13.0. The molecule has 1 amide bonds. The molecule has 2 aromatic rings. The fourth-order valence-electron chi connectivity index (χ4n) is 4.00. The number of aromatic nitrogens is 3. The van der Waals surface area contributed by atoms with E-state index in [9.17, 15) is 4.79 Å². The largest absolute Gasteiger partial charge is 0.344 e. The molecular weight excluding hydrogens is 300 g/mol. The number of nitrogens with one attached hydrogen (secondary N) is 1. The smallest absolute Gasteiger partial charge is 0.273 e. The fourth-order valence-corrected chi connectivity index (χ4v) is 4.00. The number of carbonyl (C=O) groups is 1. The van der Waals surface area contributed by atoms with E-state index >= 15 is 0 Å². The van der Waals surface area contributed by atoms with Crippen LogP contribution < -0.4 is 0 Å². The van der Waals surface area contributed by atoms with Crippen molar-refractivity contribution >= 4 is 5.91 Å². The zero-order chi connectivity index (χ0) is 16.7. The minimum atomic E-state index is 0.0318. The second-order valence-corrected chi connectivity index (χ2v) is 7.09. The zero-order valence-corrected chi connectivity index (χ0v) is 14.4. The topological polar surface area (TPSA) is 61.9 Å². The SMILES string of the molecule is Cc1cnc(C(=O)N2CCCC2c2nc3c([nH]2)CCCC3)c(C)c1. The van der Waals surface area contributed by atoms with Gasteiger partial charge in [-0.2, -0.15) is 0 Å². The van der Waals surface area contributed by atoms with E-state index in [2.05, 4.69) is 9.97 Å². The minimum Gasteiger partial charge on any atom is -0.344 e. The van der Waals surface area contributed by atoms with Crippen molar-refractivity contribution in [3.05, 3.63) is 46.3 Å². The number of amides is 1. The third-order valence-corrected chi connectivity index (χ3v) is 5.22. The Kier molecular flexibility index (Phi) is 3.87. The summed E-state index contributed by atoms with van der Waals surface area (Å²) in [5.74, 6) is 1.00. The predicted octanol–water partition coefficient (Wildman–Crippen LogP) is 3.28. The number of rotatable bonds is 2. The molecule has 2 aliphatic rings. The summed E-state index contributed by atoms with van der Waals surface area (Å²) < 4.78 is 0. The average Bonchev–Trinajstić information content (AvgIpc) is 3.20. The molecule has 5 heteroatoms. The molecule has 4 rings (SSSR count). The molecule has 1 aliphatic carbocycles. The third kappa shape index (κ3) is 2.62. The van der Waals surface area contributed by atoms with Crippen LogP contribution in [-0.2, 0) is 12.8 Å². The van der Waals surface area contributed by atoms with Crippen LogP contribution in [0.5, 0.6) is 0 Å². The van der Waals surface area contributed by atoms with Crippen molar-refractivity contribution in [3.8, 4) is 0 Å². The lowest BCUT2D eigenvalue weighted by Crippen LogP contribution is -2.32. The Morgan fingerprint density at radius 2 is 2.08 bits per heavy atom. The van der Waals surface area contributed by atoms with Crippen molar-refractivity contribution in [2.75, 3.05) is 6.54 Å². The highest BCUT2D eigenvalue weighted by molar-refractivity contribution is 5.94. The van der Waals surface area contributed by atoms with E-state index in [1.807, 2.05) is 24.8 Å². The Hall–Kier alpha value is -2.17. The van der Waals surface area contributed by atoms with E-state index in [1.165, 1.54) is 24.2 Å². The third-order valence-electron chi connectivity index (χ3n) is 5.22. The molecule has 0 bridgehead atoms. The van der Waals surface area contributed by atoms with Gasteiger partial charge in [0.25, 0.3) is 5.91 Å². The van der Waals surface area contributed by atoms with Gasteiger partial charge < -0.3 is 9.88 Å². The predicted molar refractivity (Wildman–Crippen MR) is 92.0 cm³/mol. The number of nitrogens with zero attached hydrogens (tertiary/aromatic N) is 3. The van der Waals surface area contributed by atoms with Crippen molar-refractivity contribution in [2.24, 2.45) is 0 Å². The molecule has 1 atom stereocenters. The van der Waals surface area contributed by atoms with E-state index in [1.54, 1.807) is 6.20 Å². The molecular formula is C19H24N4O. The van der Waals surface area contributed by atoms with E-state index < -0.39 is 0 Å². The summed E-state index contributed by atoms with van der Waals surface area (Å²) in [7, 11) is 0. The van der Waals surface area contributed by atoms with Crippen molar-refractivity contribution in [3.63, 3.8) is 0 Å². The normalized spacial score (nSPS) is 20.2. The van der Waals surface area contributed by atoms with Crippen molar-refractivity contribution in [1.82, 2.24) is 19.9 Å². The van der Waals surface area contributed by atoms with Crippen molar-refractivity contribution in [1.29, 1.82) is 0 Å². The van der Waals surface area contributed by atoms with Gasteiger partial charge in [0.15, 0.2) is 0 Å². The Labute approximate surface area is 142 Å². The van der Waals surface area contributed by atoms with Gasteiger partial charge in [-0.15, -0.1) is 0 Å². The van der Waals surface area contributed by atoms with Gasteiger partial charge in [-0.1, -0.05) is 6.07 Å². The highest BCUT2D eigenvalue weighted by Gasteiger charge is 2.34. The number of pyridine rings is 1. The highest BCUT2D eigenvalue weighted by Crippen LogP contribution is 2.33. The van der Waals surface area contributed by atoms with E-state index in [-0.39, 0.29) is 11.9 Å². The summed E-state index contributed by atoms with van der Waals surface area (Å²) in [4.78, 5) is 27.7. The Balaban J connectivity index is 1.62. The van der Waals surface area contributed by atoms with Crippen LogP contribution in [0, 0.1) is 13.8 Å². The number of hydrogen-bond donors (Lipinski definition) is 1. The van der Waals surface area contributed by atoms with Gasteiger partial charge in [0.05, 0.1) is 11.7 Å². The number of carbonyl (C=O) groups excluding carboxylic acids is 1. The zero-order valence-electron chi connectivity index (χ0n) is 14.4. The number of aromatic amines is 1. The van der Waals surface area contributed by atoms with Gasteiger partial charge in [0.1, 0.15) is 11.5 Å². The molecule has 1 fully saturated rings. The number of aryl methyl sites for hydroxylation is 4. The summed E-state index contributed by atoms with van der Waals surface area (Å²) in [5.41, 5.74) is 5.09. The van der Waals surface area contributed by atoms with E-state index in [0.717, 1.165) is 49.2 Å². The highest BCUT2D eigenvalue weighted by atomic mass is 16.2. The molecule has 24 heavy (non-hydrogen) atoms. The lowest BCUT2D eigenvalue weighted by Gasteiger charge is -2.23. The summed E-state index contributed by atoms with van der Waals surface area (Å²) >= 11 is 0. The van der Waals surface area contributed by atoms with Crippen molar-refractivity contribution < 1.29 is 4.79 Å². The lowest BCUT2D eigenvalue weighted by molar-refractivity contribution is 0.0723. The molecule has 1 aliphatic heterocycles. The van der Waals surface area contributed by atoms with Crippen LogP contribution in [0.25, 0.3) is 0 Å². The molecule has 2 aromatic heterocycles. The van der Waals surface area contributed by atoms with Gasteiger partial charge in [0, 0.05) is 18.4 Å². The minimum absolute atomic E-state index is 0.0318. The quantitative estimate of drug-likeness (QED) is 0.922. The van der Waals surface area contributed by atoms with E-state index in [4.69, 9.17) is 4.98 Å². The fraction of sp³-hybridized carbons (Fsp3) is 0.526. The van der Waals surface area contributed by atoms with Crippen LogP contribution in [0.4, 0.5) is 0 Å². The molecule has 0 spiro atoms. The summed E-state index contributed by atoms with van der Waals surface area (Å²) in [6, 6.07) is 2.09. The second-order valence-electron chi connectivity index (χ2n) is 7.09. The molecule has 1 N–H and O–H groups in total. The molecule has 1 unspecified atom stereocenters. The van der Waals surface area contributed by atoms with Crippen LogP contribution in [0.2, 0.25) is 0 Å². The Bertz CT molecular complexity index is 756. The maximum Gasteiger partial charge on any atom is 0.273 e. The van der Waals surface area contributed by atoms with Gasteiger partial charge in [0.2, 0.25) is 0 Å². The van der Waals surface area contributed by atoms with Crippen LogP contribution in [0.15, 0.2) is 12.3 Å². The first-order chi connectivity index (χ1) is 11.6. The second kappa shape index (κ2) is 6.04. The van der Waals surface area contributed by atoms with E-state index in [0.29, 0.717) is 5.69 Å².